The molecule has 0 aromatic carbocycles. The monoisotopic (exact) mass is 296 g/mol. The van der Waals surface area contributed by atoms with Crippen LogP contribution in [0.2, 0.25) is 0 Å². The van der Waals surface area contributed by atoms with Crippen LogP contribution in [0.15, 0.2) is 4.79 Å². The standard InChI is InChI=1S/C15H24N2O4/c1-6-21-8-13(9(2)3)17-11(5)12(7-14(18)19)10(4)16-15(17)20/h9,13H,6-8H2,1-5H3,(H,18,19). The first-order valence-electron chi connectivity index (χ1n) is 7.17. The summed E-state index contributed by atoms with van der Waals surface area (Å²) in [6.07, 6.45) is -0.135. The SMILES string of the molecule is CCOCC(C(C)C)n1c(C)c(CC(=O)O)c(C)nc1=O. The number of hydrogen-bond acceptors (Lipinski definition) is 4. The summed E-state index contributed by atoms with van der Waals surface area (Å²) in [5.74, 6) is -0.755. The lowest BCUT2D eigenvalue weighted by atomic mass is 10.0. The fourth-order valence-corrected chi connectivity index (χ4v) is 2.42. The predicted octanol–water partition coefficient (Wildman–Crippen LogP) is 1.72. The van der Waals surface area contributed by atoms with Crippen molar-refractivity contribution in [1.82, 2.24) is 9.55 Å². The second-order valence-electron chi connectivity index (χ2n) is 5.46. The van der Waals surface area contributed by atoms with Gasteiger partial charge in [-0.3, -0.25) is 9.36 Å². The molecule has 0 aliphatic carbocycles. The number of ether oxygens (including phenoxy) is 1. The first kappa shape index (κ1) is 17.4. The quantitative estimate of drug-likeness (QED) is 0.828. The summed E-state index contributed by atoms with van der Waals surface area (Å²) in [7, 11) is 0. The van der Waals surface area contributed by atoms with E-state index in [4.69, 9.17) is 9.84 Å². The van der Waals surface area contributed by atoms with Crippen LogP contribution in [0.5, 0.6) is 0 Å². The van der Waals surface area contributed by atoms with E-state index in [1.54, 1.807) is 18.4 Å². The van der Waals surface area contributed by atoms with E-state index in [1.807, 2.05) is 20.8 Å². The van der Waals surface area contributed by atoms with E-state index in [9.17, 15) is 9.59 Å². The lowest BCUT2D eigenvalue weighted by Crippen LogP contribution is -2.36. The van der Waals surface area contributed by atoms with E-state index in [0.717, 1.165) is 0 Å². The first-order valence-corrected chi connectivity index (χ1v) is 7.17. The molecule has 0 spiro atoms. The second-order valence-corrected chi connectivity index (χ2v) is 5.46. The van der Waals surface area contributed by atoms with Gasteiger partial charge in [-0.05, 0) is 26.7 Å². The summed E-state index contributed by atoms with van der Waals surface area (Å²) in [5, 5.41) is 9.03. The molecule has 21 heavy (non-hydrogen) atoms. The first-order chi connectivity index (χ1) is 9.79. The molecule has 1 heterocycles. The Morgan fingerprint density at radius 3 is 2.48 bits per heavy atom. The number of carbonyl (C=O) groups is 1. The molecule has 6 heteroatoms. The van der Waals surface area contributed by atoms with Gasteiger partial charge >= 0.3 is 11.7 Å². The van der Waals surface area contributed by atoms with Gasteiger partial charge < -0.3 is 9.84 Å². The summed E-state index contributed by atoms with van der Waals surface area (Å²) in [5.41, 5.74) is 1.39. The largest absolute Gasteiger partial charge is 0.481 e. The van der Waals surface area contributed by atoms with E-state index in [-0.39, 0.29) is 24.1 Å². The van der Waals surface area contributed by atoms with Crippen LogP contribution in [-0.2, 0) is 16.0 Å². The average molecular weight is 296 g/mol. The van der Waals surface area contributed by atoms with Crippen LogP contribution in [0.4, 0.5) is 0 Å². The lowest BCUT2D eigenvalue weighted by Gasteiger charge is -2.26. The molecule has 1 atom stereocenters. The summed E-state index contributed by atoms with van der Waals surface area (Å²) in [4.78, 5) is 27.2. The Labute approximate surface area is 124 Å². The highest BCUT2D eigenvalue weighted by Gasteiger charge is 2.22. The Kier molecular flexibility index (Phi) is 6.08. The number of rotatable bonds is 7. The molecular formula is C15H24N2O4. The molecule has 0 bridgehead atoms. The van der Waals surface area contributed by atoms with E-state index < -0.39 is 5.97 Å². The Morgan fingerprint density at radius 2 is 2.00 bits per heavy atom. The molecule has 0 saturated carbocycles. The van der Waals surface area contributed by atoms with Gasteiger partial charge in [0.1, 0.15) is 0 Å². The fourth-order valence-electron chi connectivity index (χ4n) is 2.42. The van der Waals surface area contributed by atoms with Crippen molar-refractivity contribution >= 4 is 5.97 Å². The highest BCUT2D eigenvalue weighted by Crippen LogP contribution is 2.21. The molecule has 1 rings (SSSR count). The van der Waals surface area contributed by atoms with Crippen LogP contribution in [0.3, 0.4) is 0 Å². The topological polar surface area (TPSA) is 81.4 Å². The zero-order chi connectivity index (χ0) is 16.2. The van der Waals surface area contributed by atoms with Crippen molar-refractivity contribution < 1.29 is 14.6 Å². The molecule has 0 saturated heterocycles. The molecule has 0 radical (unpaired) electrons. The van der Waals surface area contributed by atoms with Crippen LogP contribution in [0, 0.1) is 19.8 Å². The molecule has 0 amide bonds. The molecule has 0 aliphatic rings. The Balaban J connectivity index is 3.39. The van der Waals surface area contributed by atoms with Gasteiger partial charge in [0.05, 0.1) is 19.1 Å². The van der Waals surface area contributed by atoms with Crippen molar-refractivity contribution in [3.05, 3.63) is 27.4 Å². The number of carboxylic acid groups (broad SMARTS) is 1. The van der Waals surface area contributed by atoms with E-state index >= 15 is 0 Å². The van der Waals surface area contributed by atoms with Crippen LogP contribution in [0.1, 0.15) is 43.8 Å². The third kappa shape index (κ3) is 4.14. The van der Waals surface area contributed by atoms with Crippen LogP contribution < -0.4 is 5.69 Å². The summed E-state index contributed by atoms with van der Waals surface area (Å²) < 4.78 is 7.04. The fraction of sp³-hybridized carbons (Fsp3) is 0.667. The minimum absolute atomic E-state index is 0.135. The number of hydrogen-bond donors (Lipinski definition) is 1. The Hall–Kier alpha value is -1.69. The van der Waals surface area contributed by atoms with E-state index in [2.05, 4.69) is 4.98 Å². The zero-order valence-electron chi connectivity index (χ0n) is 13.3. The predicted molar refractivity (Wildman–Crippen MR) is 79.7 cm³/mol. The smallest absolute Gasteiger partial charge is 0.348 e. The zero-order valence-corrected chi connectivity index (χ0v) is 13.3. The summed E-state index contributed by atoms with van der Waals surface area (Å²) in [6, 6.07) is -0.155. The van der Waals surface area contributed by atoms with Crippen molar-refractivity contribution in [2.75, 3.05) is 13.2 Å². The highest BCUT2D eigenvalue weighted by molar-refractivity contribution is 5.70. The molecule has 1 unspecified atom stereocenters. The summed E-state index contributed by atoms with van der Waals surface area (Å²) >= 11 is 0. The molecule has 1 N–H and O–H groups in total. The van der Waals surface area contributed by atoms with Gasteiger partial charge in [-0.1, -0.05) is 13.8 Å². The lowest BCUT2D eigenvalue weighted by molar-refractivity contribution is -0.136. The van der Waals surface area contributed by atoms with Gasteiger partial charge in [-0.15, -0.1) is 0 Å². The maximum absolute atomic E-state index is 12.3. The van der Waals surface area contributed by atoms with Crippen LogP contribution in [0.25, 0.3) is 0 Å². The number of nitrogens with zero attached hydrogens (tertiary/aromatic N) is 2. The normalized spacial score (nSPS) is 12.7. The number of aromatic nitrogens is 2. The van der Waals surface area contributed by atoms with Crippen molar-refractivity contribution in [3.63, 3.8) is 0 Å². The molecule has 0 aliphatic heterocycles. The molecule has 0 fully saturated rings. The average Bonchev–Trinajstić information content (AvgIpc) is 2.37. The van der Waals surface area contributed by atoms with Crippen molar-refractivity contribution in [2.24, 2.45) is 5.92 Å². The molecule has 118 valence electrons. The number of carboxylic acids is 1. The van der Waals surface area contributed by atoms with Gasteiger partial charge in [0.15, 0.2) is 0 Å². The van der Waals surface area contributed by atoms with Crippen molar-refractivity contribution in [2.45, 2.75) is 47.1 Å². The summed E-state index contributed by atoms with van der Waals surface area (Å²) in [6.45, 7) is 10.3. The van der Waals surface area contributed by atoms with Crippen molar-refractivity contribution in [3.8, 4) is 0 Å². The van der Waals surface area contributed by atoms with Crippen LogP contribution in [-0.4, -0.2) is 33.8 Å². The van der Waals surface area contributed by atoms with Gasteiger partial charge in [-0.2, -0.15) is 4.98 Å². The third-order valence-electron chi connectivity index (χ3n) is 3.63. The van der Waals surface area contributed by atoms with E-state index in [1.165, 1.54) is 0 Å². The van der Waals surface area contributed by atoms with E-state index in [0.29, 0.717) is 30.2 Å². The highest BCUT2D eigenvalue weighted by atomic mass is 16.5. The molecular weight excluding hydrogens is 272 g/mol. The molecule has 1 aromatic rings. The Morgan fingerprint density at radius 1 is 1.38 bits per heavy atom. The van der Waals surface area contributed by atoms with Gasteiger partial charge in [0.25, 0.3) is 0 Å². The Bertz CT molecular complexity index is 564. The minimum Gasteiger partial charge on any atom is -0.481 e. The molecule has 1 aromatic heterocycles. The van der Waals surface area contributed by atoms with Gasteiger partial charge in [-0.25, -0.2) is 4.79 Å². The maximum atomic E-state index is 12.3. The second kappa shape index (κ2) is 7.36. The maximum Gasteiger partial charge on any atom is 0.348 e. The number of aliphatic carboxylic acids is 1. The van der Waals surface area contributed by atoms with Crippen molar-refractivity contribution in [1.29, 1.82) is 0 Å². The van der Waals surface area contributed by atoms with Crippen LogP contribution >= 0.6 is 0 Å². The number of aryl methyl sites for hydroxylation is 1. The molecule has 6 nitrogen and oxygen atoms in total. The third-order valence-corrected chi connectivity index (χ3v) is 3.63. The minimum atomic E-state index is -0.931. The van der Waals surface area contributed by atoms with Gasteiger partial charge in [0, 0.05) is 23.6 Å². The van der Waals surface area contributed by atoms with Gasteiger partial charge in [0.2, 0.25) is 0 Å².